The molecule has 0 unspecified atom stereocenters. The molecule has 0 fully saturated rings. The van der Waals surface area contributed by atoms with Crippen LogP contribution in [0.2, 0.25) is 0 Å². The molecule has 0 saturated carbocycles. The molecule has 0 spiro atoms. The molecular formula is C6H6BNO2S. The molecule has 3 nitrogen and oxygen atoms in total. The van der Waals surface area contributed by atoms with Gasteiger partial charge in [-0.05, 0) is 23.9 Å². The first-order valence-corrected chi connectivity index (χ1v) is 3.90. The van der Waals surface area contributed by atoms with E-state index in [-0.39, 0.29) is 0 Å². The summed E-state index contributed by atoms with van der Waals surface area (Å²) in [4.78, 5) is 0. The largest absolute Gasteiger partial charge is 0.580 e. The average molecular weight is 167 g/mol. The number of rotatable bonds is 2. The highest BCUT2D eigenvalue weighted by Crippen LogP contribution is 2.02. The fourth-order valence-electron chi connectivity index (χ4n) is 0.691. The summed E-state index contributed by atoms with van der Waals surface area (Å²) in [5.74, 6) is 0. The summed E-state index contributed by atoms with van der Waals surface area (Å²) in [6.45, 7) is 1.92. The summed E-state index contributed by atoms with van der Waals surface area (Å²) in [5.41, 5.74) is 1.06. The van der Waals surface area contributed by atoms with Crippen molar-refractivity contribution in [1.29, 1.82) is 5.26 Å². The Hall–Kier alpha value is -0.985. The van der Waals surface area contributed by atoms with Crippen LogP contribution in [-0.4, -0.2) is 12.1 Å². The predicted molar refractivity (Wildman–Crippen MR) is 43.4 cm³/mol. The molecule has 1 heterocycles. The molecule has 0 aliphatic carbocycles. The van der Waals surface area contributed by atoms with Gasteiger partial charge in [0.05, 0.1) is 4.78 Å². The Bertz CT molecular complexity index is 280. The van der Waals surface area contributed by atoms with Crippen LogP contribution in [0.3, 0.4) is 0 Å². The van der Waals surface area contributed by atoms with E-state index < -0.39 is 7.12 Å². The smallest absolute Gasteiger partial charge is 0.463 e. The van der Waals surface area contributed by atoms with Crippen LogP contribution in [-0.2, 0) is 4.65 Å². The van der Waals surface area contributed by atoms with Gasteiger partial charge in [0.1, 0.15) is 0 Å². The highest BCUT2D eigenvalue weighted by molar-refractivity contribution is 7.20. The van der Waals surface area contributed by atoms with E-state index in [0.29, 0.717) is 4.78 Å². The molecule has 1 aromatic heterocycles. The second-order valence-corrected chi connectivity index (χ2v) is 3.03. The van der Waals surface area contributed by atoms with Crippen molar-refractivity contribution in [3.8, 4) is 6.26 Å². The van der Waals surface area contributed by atoms with Crippen molar-refractivity contribution in [3.63, 3.8) is 0 Å². The Kier molecular flexibility index (Phi) is 2.52. The lowest BCUT2D eigenvalue weighted by molar-refractivity contribution is 0.403. The highest BCUT2D eigenvalue weighted by atomic mass is 32.1. The zero-order valence-corrected chi connectivity index (χ0v) is 6.76. The molecule has 0 atom stereocenters. The monoisotopic (exact) mass is 167 g/mol. The predicted octanol–water partition coefficient (Wildman–Crippen LogP) is 0.242. The van der Waals surface area contributed by atoms with E-state index in [9.17, 15) is 0 Å². The van der Waals surface area contributed by atoms with Crippen LogP contribution in [0.5, 0.6) is 0 Å². The van der Waals surface area contributed by atoms with Gasteiger partial charge in [0.25, 0.3) is 6.26 Å². The number of aryl methyl sites for hydroxylation is 1. The molecule has 1 N–H and O–H groups in total. The lowest BCUT2D eigenvalue weighted by Gasteiger charge is -1.95. The van der Waals surface area contributed by atoms with Crippen molar-refractivity contribution in [2.75, 3.05) is 0 Å². The maximum atomic E-state index is 9.10. The van der Waals surface area contributed by atoms with Crippen molar-refractivity contribution in [2.24, 2.45) is 0 Å². The Morgan fingerprint density at radius 1 is 1.82 bits per heavy atom. The summed E-state index contributed by atoms with van der Waals surface area (Å²) in [7, 11) is -1.10. The van der Waals surface area contributed by atoms with E-state index in [0.717, 1.165) is 5.56 Å². The lowest BCUT2D eigenvalue weighted by atomic mass is 9.88. The van der Waals surface area contributed by atoms with Crippen molar-refractivity contribution < 1.29 is 9.68 Å². The third kappa shape index (κ3) is 1.97. The summed E-state index contributed by atoms with van der Waals surface area (Å²) in [6, 6.07) is 1.78. The highest BCUT2D eigenvalue weighted by Gasteiger charge is 2.19. The third-order valence-corrected chi connectivity index (χ3v) is 2.24. The molecule has 0 amide bonds. The molecular weight excluding hydrogens is 161 g/mol. The van der Waals surface area contributed by atoms with Crippen LogP contribution in [0.25, 0.3) is 0 Å². The minimum atomic E-state index is -1.10. The molecule has 5 heteroatoms. The summed E-state index contributed by atoms with van der Waals surface area (Å²) >= 11 is 1.37. The maximum absolute atomic E-state index is 9.10. The van der Waals surface area contributed by atoms with E-state index in [1.165, 1.54) is 17.6 Å². The normalized spacial score (nSPS) is 8.82. The molecule has 0 saturated heterocycles. The van der Waals surface area contributed by atoms with E-state index in [1.54, 1.807) is 6.07 Å². The summed E-state index contributed by atoms with van der Waals surface area (Å²) in [6.07, 6.45) is 1.43. The number of nitrogens with zero attached hydrogens (tertiary/aromatic N) is 1. The average Bonchev–Trinajstić information content (AvgIpc) is 2.36. The Balaban J connectivity index is 2.70. The minimum absolute atomic E-state index is 0.657. The number of nitriles is 1. The third-order valence-electron chi connectivity index (χ3n) is 1.16. The number of hydrogen-bond donors (Lipinski definition) is 1. The molecule has 56 valence electrons. The van der Waals surface area contributed by atoms with Gasteiger partial charge in [-0.1, -0.05) is 0 Å². The maximum Gasteiger partial charge on any atom is 0.580 e. The minimum Gasteiger partial charge on any atom is -0.463 e. The second-order valence-electron chi connectivity index (χ2n) is 2.09. The SMILES string of the molecule is Cc1csc(B(O)OC#N)c1. The van der Waals surface area contributed by atoms with Crippen LogP contribution in [0.1, 0.15) is 5.56 Å². The first-order valence-electron chi connectivity index (χ1n) is 3.02. The van der Waals surface area contributed by atoms with Gasteiger partial charge in [0.2, 0.25) is 0 Å². The van der Waals surface area contributed by atoms with Crippen LogP contribution in [0, 0.1) is 18.4 Å². The van der Waals surface area contributed by atoms with E-state index in [1.807, 2.05) is 12.3 Å². The van der Waals surface area contributed by atoms with E-state index in [4.69, 9.17) is 10.3 Å². The van der Waals surface area contributed by atoms with Crippen LogP contribution < -0.4 is 4.78 Å². The fraction of sp³-hybridized carbons (Fsp3) is 0.167. The van der Waals surface area contributed by atoms with E-state index >= 15 is 0 Å². The Morgan fingerprint density at radius 3 is 3.00 bits per heavy atom. The van der Waals surface area contributed by atoms with Gasteiger partial charge in [-0.3, -0.25) is 0 Å². The fourth-order valence-corrected chi connectivity index (χ4v) is 1.50. The molecule has 11 heavy (non-hydrogen) atoms. The topological polar surface area (TPSA) is 53.2 Å². The van der Waals surface area contributed by atoms with Gasteiger partial charge < -0.3 is 9.68 Å². The molecule has 1 rings (SSSR count). The lowest BCUT2D eigenvalue weighted by Crippen LogP contribution is -2.29. The van der Waals surface area contributed by atoms with Crippen molar-refractivity contribution in [2.45, 2.75) is 6.92 Å². The van der Waals surface area contributed by atoms with Gasteiger partial charge in [-0.2, -0.15) is 16.6 Å². The first kappa shape index (κ1) is 8.11. The quantitative estimate of drug-likeness (QED) is 0.507. The van der Waals surface area contributed by atoms with Crippen molar-refractivity contribution in [3.05, 3.63) is 17.0 Å². The molecule has 0 bridgehead atoms. The first-order chi connectivity index (χ1) is 5.24. The summed E-state index contributed by atoms with van der Waals surface area (Å²) in [5, 5.41) is 19.1. The standard InChI is InChI=1S/C6H6BNO2S/c1-5-2-6(11-3-5)7(9)10-4-8/h2-3,9H,1H3. The van der Waals surface area contributed by atoms with Crippen LogP contribution in [0.15, 0.2) is 11.4 Å². The number of thiophene rings is 1. The molecule has 0 aliphatic rings. The van der Waals surface area contributed by atoms with Crippen molar-refractivity contribution in [1.82, 2.24) is 0 Å². The van der Waals surface area contributed by atoms with Gasteiger partial charge >= 0.3 is 7.12 Å². The van der Waals surface area contributed by atoms with Crippen LogP contribution >= 0.6 is 11.3 Å². The van der Waals surface area contributed by atoms with E-state index in [2.05, 4.69) is 4.65 Å². The van der Waals surface area contributed by atoms with Crippen molar-refractivity contribution >= 4 is 23.2 Å². The van der Waals surface area contributed by atoms with Crippen LogP contribution in [0.4, 0.5) is 0 Å². The molecule has 0 aliphatic heterocycles. The van der Waals surface area contributed by atoms with Gasteiger partial charge in [0.15, 0.2) is 0 Å². The summed E-state index contributed by atoms with van der Waals surface area (Å²) < 4.78 is 4.97. The second kappa shape index (κ2) is 3.42. The molecule has 0 aromatic carbocycles. The zero-order chi connectivity index (χ0) is 8.27. The van der Waals surface area contributed by atoms with Gasteiger partial charge in [-0.25, -0.2) is 0 Å². The molecule has 1 aromatic rings. The Morgan fingerprint density at radius 2 is 2.55 bits per heavy atom. The van der Waals surface area contributed by atoms with Gasteiger partial charge in [-0.15, -0.1) is 0 Å². The van der Waals surface area contributed by atoms with Gasteiger partial charge in [0, 0.05) is 0 Å². The molecule has 0 radical (unpaired) electrons. The number of hydrogen-bond acceptors (Lipinski definition) is 4. The Labute approximate surface area is 69.0 Å². The zero-order valence-electron chi connectivity index (χ0n) is 5.94.